The van der Waals surface area contributed by atoms with Gasteiger partial charge in [-0.25, -0.2) is 13.2 Å². The molecule has 1 saturated carbocycles. The van der Waals surface area contributed by atoms with Crippen molar-refractivity contribution in [3.63, 3.8) is 0 Å². The summed E-state index contributed by atoms with van der Waals surface area (Å²) >= 11 is 6.04. The summed E-state index contributed by atoms with van der Waals surface area (Å²) in [5, 5.41) is 3.35. The van der Waals surface area contributed by atoms with E-state index in [2.05, 4.69) is 5.32 Å². The van der Waals surface area contributed by atoms with Crippen LogP contribution in [0, 0.1) is 13.8 Å². The first kappa shape index (κ1) is 20.1. The summed E-state index contributed by atoms with van der Waals surface area (Å²) in [6.07, 6.45) is -5.60. The molecular weight excluding hydrogens is 383 g/mol. The summed E-state index contributed by atoms with van der Waals surface area (Å²) in [6, 6.07) is 3.43. The number of halogens is 4. The highest BCUT2D eigenvalue weighted by atomic mass is 35.5. The topological polar surface area (TPSA) is 55.4 Å². The van der Waals surface area contributed by atoms with Gasteiger partial charge in [-0.15, -0.1) is 0 Å². The standard InChI is InChI=1S/C19H21ClF3NO3/c1-9-7-11(20)8-10(2)13(9)14-15(25)19(24-18(14)26)5-3-12(4-6-19)27-17(23)16(21)22/h7-8,12,14,16-17H,3-6H2,1-2H3,(H,24,26). The molecule has 0 radical (unpaired) electrons. The Labute approximate surface area is 160 Å². The number of rotatable bonds is 4. The lowest BCUT2D eigenvalue weighted by Crippen LogP contribution is -2.50. The minimum Gasteiger partial charge on any atom is -0.343 e. The van der Waals surface area contributed by atoms with Crippen LogP contribution in [0.1, 0.15) is 48.3 Å². The molecule has 1 N–H and O–H groups in total. The average molecular weight is 404 g/mol. The van der Waals surface area contributed by atoms with Crippen molar-refractivity contribution in [2.75, 3.05) is 0 Å². The lowest BCUT2D eigenvalue weighted by Gasteiger charge is -2.36. The van der Waals surface area contributed by atoms with Gasteiger partial charge >= 0.3 is 0 Å². The highest BCUT2D eigenvalue weighted by Gasteiger charge is 2.54. The zero-order valence-electron chi connectivity index (χ0n) is 15.0. The van der Waals surface area contributed by atoms with Crippen molar-refractivity contribution < 1.29 is 27.5 Å². The Kier molecular flexibility index (Phi) is 5.54. The van der Waals surface area contributed by atoms with E-state index in [4.69, 9.17) is 16.3 Å². The number of ether oxygens (including phenoxy) is 1. The molecule has 1 amide bonds. The molecule has 0 aromatic heterocycles. The third kappa shape index (κ3) is 3.72. The number of aryl methyl sites for hydroxylation is 2. The minimum absolute atomic E-state index is 0.227. The van der Waals surface area contributed by atoms with E-state index in [9.17, 15) is 22.8 Å². The first-order valence-corrected chi connectivity index (χ1v) is 9.23. The molecule has 8 heteroatoms. The van der Waals surface area contributed by atoms with Gasteiger partial charge in [0.05, 0.1) is 11.6 Å². The van der Waals surface area contributed by atoms with E-state index in [1.807, 2.05) is 0 Å². The number of carbonyl (C=O) groups excluding carboxylic acids is 2. The van der Waals surface area contributed by atoms with Crippen molar-refractivity contribution in [1.82, 2.24) is 5.32 Å². The summed E-state index contributed by atoms with van der Waals surface area (Å²) < 4.78 is 42.5. The Morgan fingerprint density at radius 1 is 1.15 bits per heavy atom. The number of benzene rings is 1. The normalized spacial score (nSPS) is 29.4. The summed E-state index contributed by atoms with van der Waals surface area (Å²) in [5.74, 6) is -1.52. The Morgan fingerprint density at radius 2 is 1.70 bits per heavy atom. The van der Waals surface area contributed by atoms with Crippen LogP contribution in [-0.4, -0.2) is 36.1 Å². The van der Waals surface area contributed by atoms with E-state index < -0.39 is 30.3 Å². The molecule has 1 aromatic rings. The summed E-state index contributed by atoms with van der Waals surface area (Å²) in [7, 11) is 0. The molecule has 2 unspecified atom stereocenters. The summed E-state index contributed by atoms with van der Waals surface area (Å²) in [5.41, 5.74) is 1.13. The van der Waals surface area contributed by atoms with Crippen LogP contribution in [-0.2, 0) is 14.3 Å². The molecule has 27 heavy (non-hydrogen) atoms. The van der Waals surface area contributed by atoms with Gasteiger partial charge in [-0.2, -0.15) is 0 Å². The number of carbonyl (C=O) groups is 2. The number of nitrogens with one attached hydrogen (secondary N) is 1. The highest BCUT2D eigenvalue weighted by Crippen LogP contribution is 2.42. The van der Waals surface area contributed by atoms with Crippen molar-refractivity contribution in [2.45, 2.75) is 69.9 Å². The maximum absolute atomic E-state index is 13.2. The molecule has 148 valence electrons. The quantitative estimate of drug-likeness (QED) is 0.773. The molecule has 4 nitrogen and oxygen atoms in total. The second-order valence-electron chi connectivity index (χ2n) is 7.34. The molecule has 2 fully saturated rings. The number of Topliss-reactive ketones (excluding diaryl/α,β-unsaturated/α-hetero) is 1. The smallest absolute Gasteiger partial charge is 0.293 e. The van der Waals surface area contributed by atoms with E-state index in [-0.39, 0.29) is 37.4 Å². The van der Waals surface area contributed by atoms with Crippen LogP contribution in [0.15, 0.2) is 12.1 Å². The summed E-state index contributed by atoms with van der Waals surface area (Å²) in [6.45, 7) is 3.60. The van der Waals surface area contributed by atoms with Gasteiger partial charge in [0, 0.05) is 5.02 Å². The molecule has 2 atom stereocenters. The van der Waals surface area contributed by atoms with Gasteiger partial charge in [0.1, 0.15) is 5.92 Å². The lowest BCUT2D eigenvalue weighted by molar-refractivity contribution is -0.167. The number of alkyl halides is 3. The second kappa shape index (κ2) is 7.43. The fourth-order valence-electron chi connectivity index (χ4n) is 4.24. The fourth-order valence-corrected chi connectivity index (χ4v) is 4.57. The maximum Gasteiger partial charge on any atom is 0.293 e. The summed E-state index contributed by atoms with van der Waals surface area (Å²) in [4.78, 5) is 25.8. The van der Waals surface area contributed by atoms with Crippen LogP contribution in [0.3, 0.4) is 0 Å². The van der Waals surface area contributed by atoms with E-state index in [0.717, 1.165) is 11.1 Å². The molecule has 1 aromatic carbocycles. The lowest BCUT2D eigenvalue weighted by atomic mass is 9.75. The van der Waals surface area contributed by atoms with E-state index in [1.165, 1.54) is 0 Å². The van der Waals surface area contributed by atoms with Crippen LogP contribution in [0.2, 0.25) is 5.02 Å². The largest absolute Gasteiger partial charge is 0.343 e. The monoisotopic (exact) mass is 403 g/mol. The van der Waals surface area contributed by atoms with Crippen LogP contribution in [0.5, 0.6) is 0 Å². The number of ketones is 1. The second-order valence-corrected chi connectivity index (χ2v) is 7.78. The Hall–Kier alpha value is -1.60. The number of amides is 1. The Balaban J connectivity index is 1.78. The van der Waals surface area contributed by atoms with E-state index in [1.54, 1.807) is 26.0 Å². The van der Waals surface area contributed by atoms with Crippen LogP contribution in [0.25, 0.3) is 0 Å². The first-order valence-electron chi connectivity index (χ1n) is 8.85. The van der Waals surface area contributed by atoms with Crippen LogP contribution in [0.4, 0.5) is 13.2 Å². The number of hydrogen-bond acceptors (Lipinski definition) is 3. The molecule has 1 aliphatic heterocycles. The van der Waals surface area contributed by atoms with Crippen LogP contribution >= 0.6 is 11.6 Å². The predicted molar refractivity (Wildman–Crippen MR) is 93.8 cm³/mol. The Morgan fingerprint density at radius 3 is 2.22 bits per heavy atom. The molecule has 1 spiro atoms. The molecule has 1 aliphatic carbocycles. The minimum atomic E-state index is -3.20. The Bertz CT molecular complexity index is 740. The fraction of sp³-hybridized carbons (Fsp3) is 0.579. The predicted octanol–water partition coefficient (Wildman–Crippen LogP) is 4.00. The average Bonchev–Trinajstić information content (AvgIpc) is 2.80. The van der Waals surface area contributed by atoms with Crippen molar-refractivity contribution in [3.8, 4) is 0 Å². The third-order valence-corrected chi connectivity index (χ3v) is 5.73. The molecule has 1 heterocycles. The van der Waals surface area contributed by atoms with E-state index >= 15 is 0 Å². The molecule has 1 saturated heterocycles. The zero-order valence-corrected chi connectivity index (χ0v) is 15.8. The maximum atomic E-state index is 13.2. The molecule has 3 rings (SSSR count). The van der Waals surface area contributed by atoms with E-state index in [0.29, 0.717) is 10.6 Å². The first-order chi connectivity index (χ1) is 12.6. The SMILES string of the molecule is Cc1cc(Cl)cc(C)c1C1C(=O)NC2(CCC(OC(F)C(F)F)CC2)C1=O. The van der Waals surface area contributed by atoms with Crippen molar-refractivity contribution in [2.24, 2.45) is 0 Å². The highest BCUT2D eigenvalue weighted by molar-refractivity contribution is 6.30. The van der Waals surface area contributed by atoms with Gasteiger partial charge in [0.25, 0.3) is 12.8 Å². The van der Waals surface area contributed by atoms with Crippen molar-refractivity contribution in [1.29, 1.82) is 0 Å². The zero-order chi connectivity index (χ0) is 19.9. The molecule has 2 aliphatic rings. The van der Waals surface area contributed by atoms with Crippen molar-refractivity contribution >= 4 is 23.3 Å². The van der Waals surface area contributed by atoms with Crippen molar-refractivity contribution in [3.05, 3.63) is 33.8 Å². The third-order valence-electron chi connectivity index (χ3n) is 5.51. The molecule has 0 bridgehead atoms. The van der Waals surface area contributed by atoms with Gasteiger partial charge in [-0.05, 0) is 68.4 Å². The number of hydrogen-bond donors (Lipinski definition) is 1. The van der Waals surface area contributed by atoms with Crippen LogP contribution < -0.4 is 5.32 Å². The van der Waals surface area contributed by atoms with Gasteiger partial charge in [0.2, 0.25) is 5.91 Å². The van der Waals surface area contributed by atoms with Gasteiger partial charge in [-0.1, -0.05) is 11.6 Å². The van der Waals surface area contributed by atoms with Gasteiger partial charge in [0.15, 0.2) is 5.78 Å². The van der Waals surface area contributed by atoms with Gasteiger partial charge < -0.3 is 10.1 Å². The van der Waals surface area contributed by atoms with Gasteiger partial charge in [-0.3, -0.25) is 9.59 Å². The molecular formula is C19H21ClF3NO3.